The second-order valence-corrected chi connectivity index (χ2v) is 7.92. The van der Waals surface area contributed by atoms with Crippen molar-refractivity contribution in [3.8, 4) is 0 Å². The lowest BCUT2D eigenvalue weighted by Crippen LogP contribution is -2.24. The number of halogens is 1. The van der Waals surface area contributed by atoms with E-state index in [1.807, 2.05) is 42.8 Å². The fourth-order valence-electron chi connectivity index (χ4n) is 2.88. The van der Waals surface area contributed by atoms with Gasteiger partial charge in [-0.3, -0.25) is 4.79 Å². The summed E-state index contributed by atoms with van der Waals surface area (Å²) in [4.78, 5) is 12.4. The quantitative estimate of drug-likeness (QED) is 0.481. The highest BCUT2D eigenvalue weighted by Gasteiger charge is 2.31. The van der Waals surface area contributed by atoms with Gasteiger partial charge in [0.05, 0.1) is 11.7 Å². The van der Waals surface area contributed by atoms with Crippen LogP contribution in [-0.4, -0.2) is 30.2 Å². The zero-order chi connectivity index (χ0) is 18.2. The Kier molecular flexibility index (Phi) is 7.85. The van der Waals surface area contributed by atoms with Crippen molar-refractivity contribution in [2.24, 2.45) is 0 Å². The Hall–Kier alpha value is -1.46. The minimum Gasteiger partial charge on any atom is -0.468 e. The molecule has 0 amide bonds. The molecule has 2 rings (SSSR count). The minimum atomic E-state index is -0.306. The van der Waals surface area contributed by atoms with Gasteiger partial charge in [-0.25, -0.2) is 4.39 Å². The SMILES string of the molecule is COC(=O)C(c1ccccc1CCc1ccc(F)cc1)C(SC)SC. The first-order valence-corrected chi connectivity index (χ1v) is 10.6. The molecule has 1 unspecified atom stereocenters. The van der Waals surface area contributed by atoms with Gasteiger partial charge < -0.3 is 4.74 Å². The van der Waals surface area contributed by atoms with E-state index in [0.29, 0.717) is 0 Å². The van der Waals surface area contributed by atoms with Crippen molar-refractivity contribution in [2.45, 2.75) is 23.3 Å². The van der Waals surface area contributed by atoms with Crippen molar-refractivity contribution in [2.75, 3.05) is 19.6 Å². The van der Waals surface area contributed by atoms with Gasteiger partial charge in [0.15, 0.2) is 0 Å². The predicted octanol–water partition coefficient (Wildman–Crippen LogP) is 4.92. The molecule has 2 aromatic rings. The number of esters is 1. The van der Waals surface area contributed by atoms with Gasteiger partial charge in [-0.2, -0.15) is 0 Å². The van der Waals surface area contributed by atoms with Crippen LogP contribution in [0.4, 0.5) is 4.39 Å². The molecule has 0 spiro atoms. The van der Waals surface area contributed by atoms with E-state index >= 15 is 0 Å². The standard InChI is InChI=1S/C20H23FO2S2/c1-23-19(22)18(20(24-2)25-3)17-7-5-4-6-15(17)11-8-14-9-12-16(21)13-10-14/h4-7,9-10,12-13,18,20H,8,11H2,1-3H3. The number of aryl methyl sites for hydroxylation is 2. The number of thioether (sulfide) groups is 2. The van der Waals surface area contributed by atoms with Crippen molar-refractivity contribution in [1.82, 2.24) is 0 Å². The maximum Gasteiger partial charge on any atom is 0.315 e. The molecular weight excluding hydrogens is 355 g/mol. The third-order valence-electron chi connectivity index (χ3n) is 4.18. The van der Waals surface area contributed by atoms with Crippen molar-refractivity contribution in [3.05, 3.63) is 71.0 Å². The molecule has 0 heterocycles. The summed E-state index contributed by atoms with van der Waals surface area (Å²) in [5.74, 6) is -0.736. The first-order chi connectivity index (χ1) is 12.1. The molecule has 0 aliphatic carbocycles. The van der Waals surface area contributed by atoms with E-state index < -0.39 is 0 Å². The van der Waals surface area contributed by atoms with Gasteiger partial charge in [0.1, 0.15) is 11.7 Å². The molecule has 2 aromatic carbocycles. The average Bonchev–Trinajstić information content (AvgIpc) is 2.65. The van der Waals surface area contributed by atoms with Crippen molar-refractivity contribution >= 4 is 29.5 Å². The number of hydrogen-bond donors (Lipinski definition) is 0. The molecular formula is C20H23FO2S2. The highest BCUT2D eigenvalue weighted by Crippen LogP contribution is 2.37. The summed E-state index contributed by atoms with van der Waals surface area (Å²) in [7, 11) is 1.44. The zero-order valence-electron chi connectivity index (χ0n) is 14.7. The molecule has 0 saturated carbocycles. The van der Waals surface area contributed by atoms with E-state index in [-0.39, 0.29) is 22.3 Å². The lowest BCUT2D eigenvalue weighted by molar-refractivity contribution is -0.142. The second-order valence-electron chi connectivity index (χ2n) is 5.67. The van der Waals surface area contributed by atoms with Gasteiger partial charge in [-0.1, -0.05) is 36.4 Å². The highest BCUT2D eigenvalue weighted by atomic mass is 32.2. The molecule has 134 valence electrons. The van der Waals surface area contributed by atoms with E-state index in [9.17, 15) is 9.18 Å². The number of carbonyl (C=O) groups is 1. The van der Waals surface area contributed by atoms with Crippen LogP contribution in [0.2, 0.25) is 0 Å². The van der Waals surface area contributed by atoms with Gasteiger partial charge in [-0.15, -0.1) is 23.5 Å². The van der Waals surface area contributed by atoms with Crippen LogP contribution in [0, 0.1) is 5.82 Å². The van der Waals surface area contributed by atoms with Crippen LogP contribution < -0.4 is 0 Å². The molecule has 0 radical (unpaired) electrons. The van der Waals surface area contributed by atoms with Crippen LogP contribution in [0.5, 0.6) is 0 Å². The Bertz CT molecular complexity index is 684. The Morgan fingerprint density at radius 1 is 1.04 bits per heavy atom. The van der Waals surface area contributed by atoms with Crippen molar-refractivity contribution in [1.29, 1.82) is 0 Å². The zero-order valence-corrected chi connectivity index (χ0v) is 16.3. The van der Waals surface area contributed by atoms with Crippen molar-refractivity contribution in [3.63, 3.8) is 0 Å². The summed E-state index contributed by atoms with van der Waals surface area (Å²) in [6.07, 6.45) is 5.62. The molecule has 0 aromatic heterocycles. The molecule has 2 nitrogen and oxygen atoms in total. The second kappa shape index (κ2) is 9.88. The number of methoxy groups -OCH3 is 1. The highest BCUT2D eigenvalue weighted by molar-refractivity contribution is 8.16. The lowest BCUT2D eigenvalue weighted by atomic mass is 9.92. The largest absolute Gasteiger partial charge is 0.468 e. The summed E-state index contributed by atoms with van der Waals surface area (Å²) < 4.78 is 18.2. The fourth-order valence-corrected chi connectivity index (χ4v) is 4.70. The van der Waals surface area contributed by atoms with E-state index in [2.05, 4.69) is 6.07 Å². The smallest absolute Gasteiger partial charge is 0.315 e. The maximum atomic E-state index is 13.1. The third-order valence-corrected chi connectivity index (χ3v) is 6.81. The monoisotopic (exact) mass is 378 g/mol. The average molecular weight is 379 g/mol. The van der Waals surface area contributed by atoms with E-state index in [4.69, 9.17) is 4.74 Å². The molecule has 5 heteroatoms. The topological polar surface area (TPSA) is 26.3 Å². The molecule has 25 heavy (non-hydrogen) atoms. The van der Waals surface area contributed by atoms with Crippen LogP contribution in [0.25, 0.3) is 0 Å². The first-order valence-electron chi connectivity index (χ1n) is 8.06. The predicted molar refractivity (Wildman–Crippen MR) is 106 cm³/mol. The summed E-state index contributed by atoms with van der Waals surface area (Å²) in [5, 5.41) is 0. The fraction of sp³-hybridized carbons (Fsp3) is 0.350. The van der Waals surface area contributed by atoms with Gasteiger partial charge in [0.2, 0.25) is 0 Å². The Morgan fingerprint density at radius 3 is 2.28 bits per heavy atom. The van der Waals surface area contributed by atoms with Gasteiger partial charge >= 0.3 is 5.97 Å². The molecule has 0 bridgehead atoms. The number of benzene rings is 2. The summed E-state index contributed by atoms with van der Waals surface area (Å²) in [6.45, 7) is 0. The van der Waals surface area contributed by atoms with Crippen LogP contribution in [-0.2, 0) is 22.4 Å². The molecule has 0 N–H and O–H groups in total. The summed E-state index contributed by atoms with van der Waals surface area (Å²) in [6, 6.07) is 14.6. The molecule has 0 aliphatic rings. The van der Waals surface area contributed by atoms with Gasteiger partial charge in [0, 0.05) is 0 Å². The first kappa shape index (κ1) is 19.9. The molecule has 0 saturated heterocycles. The molecule has 0 aliphatic heterocycles. The van der Waals surface area contributed by atoms with Crippen LogP contribution in [0.1, 0.15) is 22.6 Å². The van der Waals surface area contributed by atoms with E-state index in [1.165, 1.54) is 19.2 Å². The normalized spacial score (nSPS) is 12.2. The molecule has 0 fully saturated rings. The lowest BCUT2D eigenvalue weighted by Gasteiger charge is -2.24. The number of ether oxygens (including phenoxy) is 1. The Balaban J connectivity index is 2.27. The Labute approximate surface area is 157 Å². The molecule has 1 atom stereocenters. The maximum absolute atomic E-state index is 13.1. The third kappa shape index (κ3) is 5.25. The van der Waals surface area contributed by atoms with Crippen LogP contribution in [0.3, 0.4) is 0 Å². The minimum absolute atomic E-state index is 0.0967. The number of hydrogen-bond acceptors (Lipinski definition) is 4. The summed E-state index contributed by atoms with van der Waals surface area (Å²) in [5.41, 5.74) is 3.23. The number of carbonyl (C=O) groups excluding carboxylic acids is 1. The van der Waals surface area contributed by atoms with Gasteiger partial charge in [0.25, 0.3) is 0 Å². The van der Waals surface area contributed by atoms with Crippen molar-refractivity contribution < 1.29 is 13.9 Å². The number of rotatable bonds is 8. The van der Waals surface area contributed by atoms with E-state index in [0.717, 1.165) is 29.5 Å². The Morgan fingerprint density at radius 2 is 1.68 bits per heavy atom. The van der Waals surface area contributed by atoms with Crippen LogP contribution >= 0.6 is 23.5 Å². The van der Waals surface area contributed by atoms with E-state index in [1.54, 1.807) is 23.5 Å². The summed E-state index contributed by atoms with van der Waals surface area (Å²) >= 11 is 3.32. The van der Waals surface area contributed by atoms with Gasteiger partial charge in [-0.05, 0) is 54.2 Å². The van der Waals surface area contributed by atoms with Crippen LogP contribution in [0.15, 0.2) is 48.5 Å².